The Morgan fingerprint density at radius 2 is 1.55 bits per heavy atom. The lowest BCUT2D eigenvalue weighted by molar-refractivity contribution is -0.140. The molecule has 8 heteroatoms. The fraction of sp³-hybridized carbons (Fsp3) is 0.375. The molecule has 1 N–H and O–H groups in total. The lowest BCUT2D eigenvalue weighted by atomic mass is 10.1. The Kier molecular flexibility index (Phi) is 10.5. The van der Waals surface area contributed by atoms with Crippen LogP contribution in [0.2, 0.25) is 0 Å². The van der Waals surface area contributed by atoms with E-state index >= 15 is 0 Å². The largest absolute Gasteiger partial charge is 0.352 e. The number of benzene rings is 3. The quantitative estimate of drug-likeness (QED) is 0.314. The van der Waals surface area contributed by atoms with E-state index < -0.39 is 28.5 Å². The van der Waals surface area contributed by atoms with Gasteiger partial charge in [0.15, 0.2) is 0 Å². The van der Waals surface area contributed by atoms with Gasteiger partial charge in [-0.25, -0.2) is 8.42 Å². The van der Waals surface area contributed by atoms with E-state index in [1.54, 1.807) is 30.3 Å². The number of nitrogens with one attached hydrogen (secondary N) is 1. The van der Waals surface area contributed by atoms with E-state index in [1.807, 2.05) is 71.9 Å². The van der Waals surface area contributed by atoms with E-state index in [-0.39, 0.29) is 23.4 Å². The molecule has 214 valence electrons. The molecule has 0 unspecified atom stereocenters. The number of aryl methyl sites for hydroxylation is 3. The number of hydrogen-bond acceptors (Lipinski definition) is 4. The number of anilines is 1. The summed E-state index contributed by atoms with van der Waals surface area (Å²) in [5, 5.41) is 3.00. The van der Waals surface area contributed by atoms with Gasteiger partial charge < -0.3 is 10.2 Å². The maximum absolute atomic E-state index is 14.1. The number of sulfonamides is 1. The summed E-state index contributed by atoms with van der Waals surface area (Å²) < 4.78 is 29.0. The van der Waals surface area contributed by atoms with E-state index in [0.717, 1.165) is 33.0 Å². The summed E-state index contributed by atoms with van der Waals surface area (Å²) in [6, 6.07) is 20.4. The highest BCUT2D eigenvalue weighted by Crippen LogP contribution is 2.27. The molecular formula is C32H41N3O4S. The standard InChI is InChI=1S/C32H41N3O4S/c1-7-26(6)33-32(37)30(8-2)34(21-27-14-12-13-23(3)19-27)31(36)22-35(28-18-17-24(4)25(5)20-28)40(38,39)29-15-10-9-11-16-29/h9-20,26,30H,7-8,21-22H2,1-6H3,(H,33,37)/t26-,30+/m0/s1. The second-order valence-electron chi connectivity index (χ2n) is 10.3. The van der Waals surface area contributed by atoms with Crippen LogP contribution in [0.3, 0.4) is 0 Å². The molecule has 0 radical (unpaired) electrons. The first-order valence-corrected chi connectivity index (χ1v) is 15.2. The highest BCUT2D eigenvalue weighted by Gasteiger charge is 2.34. The Morgan fingerprint density at radius 3 is 2.15 bits per heavy atom. The summed E-state index contributed by atoms with van der Waals surface area (Å²) in [4.78, 5) is 29.1. The molecule has 0 aliphatic rings. The van der Waals surface area contributed by atoms with Crippen LogP contribution in [0.25, 0.3) is 0 Å². The number of rotatable bonds is 12. The lowest BCUT2D eigenvalue weighted by Crippen LogP contribution is -2.53. The molecule has 0 heterocycles. The molecule has 0 spiro atoms. The second kappa shape index (κ2) is 13.6. The Hall–Kier alpha value is -3.65. The van der Waals surface area contributed by atoms with Gasteiger partial charge in [-0.3, -0.25) is 13.9 Å². The summed E-state index contributed by atoms with van der Waals surface area (Å²) >= 11 is 0. The summed E-state index contributed by atoms with van der Waals surface area (Å²) in [5.74, 6) is -0.702. The van der Waals surface area contributed by atoms with Gasteiger partial charge in [-0.1, -0.05) is 67.9 Å². The Morgan fingerprint density at radius 1 is 0.850 bits per heavy atom. The van der Waals surface area contributed by atoms with Gasteiger partial charge in [0.05, 0.1) is 10.6 Å². The molecule has 0 fully saturated rings. The molecular weight excluding hydrogens is 522 g/mol. The van der Waals surface area contributed by atoms with E-state index in [0.29, 0.717) is 12.1 Å². The molecule has 3 aromatic rings. The molecule has 40 heavy (non-hydrogen) atoms. The number of hydrogen-bond donors (Lipinski definition) is 1. The molecule has 0 saturated heterocycles. The van der Waals surface area contributed by atoms with E-state index in [1.165, 1.54) is 17.0 Å². The maximum atomic E-state index is 14.1. The first kappa shape index (κ1) is 30.9. The first-order chi connectivity index (χ1) is 19.0. The van der Waals surface area contributed by atoms with Crippen LogP contribution in [0.4, 0.5) is 5.69 Å². The monoisotopic (exact) mass is 563 g/mol. The average Bonchev–Trinajstić information content (AvgIpc) is 2.93. The normalized spacial score (nSPS) is 12.8. The van der Waals surface area contributed by atoms with Crippen LogP contribution in [0.5, 0.6) is 0 Å². The minimum Gasteiger partial charge on any atom is -0.352 e. The fourth-order valence-electron chi connectivity index (χ4n) is 4.50. The van der Waals surface area contributed by atoms with Gasteiger partial charge >= 0.3 is 0 Å². The SMILES string of the molecule is CC[C@H](C(=O)N[C@@H](C)CC)N(Cc1cccc(C)c1)C(=O)CN(c1ccc(C)c(C)c1)S(=O)(=O)c1ccccc1. The van der Waals surface area contributed by atoms with Crippen LogP contribution < -0.4 is 9.62 Å². The van der Waals surface area contributed by atoms with E-state index in [2.05, 4.69) is 5.32 Å². The van der Waals surface area contributed by atoms with Gasteiger partial charge in [0.2, 0.25) is 11.8 Å². The number of nitrogens with zero attached hydrogens (tertiary/aromatic N) is 2. The summed E-state index contributed by atoms with van der Waals surface area (Å²) in [7, 11) is -4.08. The van der Waals surface area contributed by atoms with Gasteiger partial charge in [-0.05, 0) is 81.5 Å². The van der Waals surface area contributed by atoms with Crippen molar-refractivity contribution in [3.05, 3.63) is 95.1 Å². The van der Waals surface area contributed by atoms with Crippen LogP contribution in [0.15, 0.2) is 77.7 Å². The molecule has 0 aliphatic heterocycles. The first-order valence-electron chi connectivity index (χ1n) is 13.8. The molecule has 7 nitrogen and oxygen atoms in total. The average molecular weight is 564 g/mol. The Balaban J connectivity index is 2.07. The van der Waals surface area contributed by atoms with Crippen LogP contribution in [0, 0.1) is 20.8 Å². The summed E-state index contributed by atoms with van der Waals surface area (Å²) in [5.41, 5.74) is 4.22. The summed E-state index contributed by atoms with van der Waals surface area (Å²) in [6.07, 6.45) is 1.14. The third kappa shape index (κ3) is 7.50. The van der Waals surface area contributed by atoms with E-state index in [9.17, 15) is 18.0 Å². The van der Waals surface area contributed by atoms with Crippen LogP contribution >= 0.6 is 0 Å². The van der Waals surface area contributed by atoms with Crippen LogP contribution in [0.1, 0.15) is 55.9 Å². The van der Waals surface area contributed by atoms with Crippen molar-refractivity contribution in [3.63, 3.8) is 0 Å². The zero-order valence-corrected chi connectivity index (χ0v) is 25.2. The van der Waals surface area contributed by atoms with Gasteiger partial charge in [0, 0.05) is 12.6 Å². The highest BCUT2D eigenvalue weighted by atomic mass is 32.2. The maximum Gasteiger partial charge on any atom is 0.264 e. The predicted molar refractivity (Wildman–Crippen MR) is 161 cm³/mol. The smallest absolute Gasteiger partial charge is 0.264 e. The van der Waals surface area contributed by atoms with Gasteiger partial charge in [-0.15, -0.1) is 0 Å². The third-order valence-electron chi connectivity index (χ3n) is 7.21. The molecule has 0 saturated carbocycles. The molecule has 0 aliphatic carbocycles. The second-order valence-corrected chi connectivity index (χ2v) is 12.2. The predicted octanol–water partition coefficient (Wildman–Crippen LogP) is 5.53. The lowest BCUT2D eigenvalue weighted by Gasteiger charge is -2.34. The van der Waals surface area contributed by atoms with Crippen molar-refractivity contribution in [2.75, 3.05) is 10.8 Å². The molecule has 2 atom stereocenters. The molecule has 2 amide bonds. The van der Waals surface area contributed by atoms with Crippen molar-refractivity contribution in [1.82, 2.24) is 10.2 Å². The van der Waals surface area contributed by atoms with Crippen molar-refractivity contribution < 1.29 is 18.0 Å². The van der Waals surface area contributed by atoms with Gasteiger partial charge in [0.25, 0.3) is 10.0 Å². The molecule has 0 aromatic heterocycles. The van der Waals surface area contributed by atoms with Gasteiger partial charge in [-0.2, -0.15) is 0 Å². The summed E-state index contributed by atoms with van der Waals surface area (Å²) in [6.45, 7) is 11.3. The van der Waals surface area contributed by atoms with E-state index in [4.69, 9.17) is 0 Å². The topological polar surface area (TPSA) is 86.8 Å². The number of amides is 2. The van der Waals surface area contributed by atoms with Gasteiger partial charge in [0.1, 0.15) is 12.6 Å². The minimum absolute atomic E-state index is 0.0528. The number of carbonyl (C=O) groups is 2. The molecule has 3 aromatic carbocycles. The molecule has 0 bridgehead atoms. The molecule has 3 rings (SSSR count). The Labute approximate surface area is 239 Å². The van der Waals surface area contributed by atoms with Crippen molar-refractivity contribution in [2.24, 2.45) is 0 Å². The van der Waals surface area contributed by atoms with Crippen LogP contribution in [-0.2, 0) is 26.2 Å². The van der Waals surface area contributed by atoms with Crippen molar-refractivity contribution in [3.8, 4) is 0 Å². The number of carbonyl (C=O) groups excluding carboxylic acids is 2. The Bertz CT molecular complexity index is 1420. The zero-order valence-electron chi connectivity index (χ0n) is 24.3. The third-order valence-corrected chi connectivity index (χ3v) is 9.00. The zero-order chi connectivity index (χ0) is 29.4. The fourth-order valence-corrected chi connectivity index (χ4v) is 5.92. The minimum atomic E-state index is -4.08. The van der Waals surface area contributed by atoms with Crippen molar-refractivity contribution >= 4 is 27.5 Å². The van der Waals surface area contributed by atoms with Crippen molar-refractivity contribution in [2.45, 2.75) is 77.9 Å². The van der Waals surface area contributed by atoms with Crippen molar-refractivity contribution in [1.29, 1.82) is 0 Å². The van der Waals surface area contributed by atoms with Crippen LogP contribution in [-0.4, -0.2) is 43.8 Å². The highest BCUT2D eigenvalue weighted by molar-refractivity contribution is 7.92.